The van der Waals surface area contributed by atoms with Gasteiger partial charge < -0.3 is 14.8 Å². The van der Waals surface area contributed by atoms with Crippen molar-refractivity contribution in [1.82, 2.24) is 14.8 Å². The lowest BCUT2D eigenvalue weighted by Crippen LogP contribution is -2.51. The molecule has 0 spiro atoms. The Morgan fingerprint density at radius 2 is 1.92 bits per heavy atom. The van der Waals surface area contributed by atoms with E-state index in [-0.39, 0.29) is 17.7 Å². The number of benzene rings is 1. The number of hydrogen-bond acceptors (Lipinski definition) is 2. The normalized spacial score (nSPS) is 15.8. The average Bonchev–Trinajstić information content (AvgIpc) is 3.24. The molecule has 0 fully saturated rings. The summed E-state index contributed by atoms with van der Waals surface area (Å²) < 4.78 is 2.02. The first kappa shape index (κ1) is 17.3. The average molecular weight is 339 g/mol. The zero-order valence-electron chi connectivity index (χ0n) is 14.8. The van der Waals surface area contributed by atoms with E-state index in [0.29, 0.717) is 13.1 Å². The third kappa shape index (κ3) is 3.60. The Hall–Kier alpha value is -2.56. The van der Waals surface area contributed by atoms with Gasteiger partial charge in [0.15, 0.2) is 0 Å². The quantitative estimate of drug-likeness (QED) is 0.843. The van der Waals surface area contributed by atoms with Crippen LogP contribution >= 0.6 is 0 Å². The summed E-state index contributed by atoms with van der Waals surface area (Å²) in [5.41, 5.74) is 1.72. The molecule has 5 nitrogen and oxygen atoms in total. The Labute approximate surface area is 148 Å². The van der Waals surface area contributed by atoms with Crippen molar-refractivity contribution in [1.29, 1.82) is 0 Å². The highest BCUT2D eigenvalue weighted by Crippen LogP contribution is 2.28. The maximum Gasteiger partial charge on any atom is 0.255 e. The fourth-order valence-corrected chi connectivity index (χ4v) is 3.36. The summed E-state index contributed by atoms with van der Waals surface area (Å²) in [6, 6.07) is 11.1. The number of aromatic nitrogens is 1. The Morgan fingerprint density at radius 1 is 1.20 bits per heavy atom. The smallest absolute Gasteiger partial charge is 0.255 e. The van der Waals surface area contributed by atoms with Gasteiger partial charge in [0.25, 0.3) is 5.91 Å². The molecule has 3 rings (SSSR count). The number of carbonyl (C=O) groups is 2. The first-order valence-corrected chi connectivity index (χ1v) is 8.89. The second-order valence-electron chi connectivity index (χ2n) is 6.63. The van der Waals surface area contributed by atoms with Gasteiger partial charge in [-0.1, -0.05) is 38.5 Å². The van der Waals surface area contributed by atoms with E-state index in [1.807, 2.05) is 60.3 Å². The van der Waals surface area contributed by atoms with Crippen LogP contribution in [-0.2, 0) is 17.9 Å². The van der Waals surface area contributed by atoms with Gasteiger partial charge >= 0.3 is 0 Å². The molecule has 0 aliphatic carbocycles. The number of fused-ring (bicyclic) bond motifs is 1. The summed E-state index contributed by atoms with van der Waals surface area (Å²) in [5.74, 6) is -0.00559. The largest absolute Gasteiger partial charge is 0.353 e. The molecule has 2 unspecified atom stereocenters. The van der Waals surface area contributed by atoms with Crippen molar-refractivity contribution in [3.8, 4) is 0 Å². The first-order valence-electron chi connectivity index (χ1n) is 8.89. The van der Waals surface area contributed by atoms with Crippen LogP contribution in [-0.4, -0.2) is 33.9 Å². The van der Waals surface area contributed by atoms with Crippen molar-refractivity contribution in [3.05, 3.63) is 59.9 Å². The molecule has 25 heavy (non-hydrogen) atoms. The lowest BCUT2D eigenvalue weighted by atomic mass is 9.96. The summed E-state index contributed by atoms with van der Waals surface area (Å²) >= 11 is 0. The number of nitrogens with zero attached hydrogens (tertiary/aromatic N) is 2. The van der Waals surface area contributed by atoms with Crippen LogP contribution in [0.4, 0.5) is 0 Å². The Kier molecular flexibility index (Phi) is 5.22. The molecule has 0 saturated carbocycles. The van der Waals surface area contributed by atoms with Crippen molar-refractivity contribution in [2.75, 3.05) is 6.54 Å². The monoisotopic (exact) mass is 339 g/mol. The zero-order valence-corrected chi connectivity index (χ0v) is 14.8. The molecule has 0 saturated heterocycles. The lowest BCUT2D eigenvalue weighted by molar-refractivity contribution is -0.127. The van der Waals surface area contributed by atoms with Gasteiger partial charge in [-0.2, -0.15) is 0 Å². The third-order valence-corrected chi connectivity index (χ3v) is 4.97. The molecule has 2 amide bonds. The molecule has 2 heterocycles. The van der Waals surface area contributed by atoms with Gasteiger partial charge in [0.1, 0.15) is 6.04 Å². The third-order valence-electron chi connectivity index (χ3n) is 4.97. The zero-order chi connectivity index (χ0) is 17.8. The SMILES string of the molecule is CCC(C)C(C(=O)NCCn1cccc1)N1Cc2ccccc2C1=O. The van der Waals surface area contributed by atoms with Crippen LogP contribution in [0.3, 0.4) is 0 Å². The maximum absolute atomic E-state index is 12.8. The minimum atomic E-state index is -0.436. The van der Waals surface area contributed by atoms with Crippen molar-refractivity contribution < 1.29 is 9.59 Å². The molecule has 2 atom stereocenters. The fraction of sp³-hybridized carbons (Fsp3) is 0.400. The van der Waals surface area contributed by atoms with Crippen molar-refractivity contribution in [3.63, 3.8) is 0 Å². The highest BCUT2D eigenvalue weighted by atomic mass is 16.2. The Balaban J connectivity index is 1.70. The first-order chi connectivity index (χ1) is 12.1. The van der Waals surface area contributed by atoms with E-state index in [1.54, 1.807) is 4.90 Å². The Bertz CT molecular complexity index is 739. The molecular formula is C20H25N3O2. The summed E-state index contributed by atoms with van der Waals surface area (Å²) in [5, 5.41) is 3.01. The summed E-state index contributed by atoms with van der Waals surface area (Å²) in [6.45, 7) is 5.87. The molecule has 1 aromatic carbocycles. The van der Waals surface area contributed by atoms with Crippen LogP contribution in [0.2, 0.25) is 0 Å². The minimum Gasteiger partial charge on any atom is -0.353 e. The number of nitrogens with one attached hydrogen (secondary N) is 1. The molecule has 1 N–H and O–H groups in total. The predicted octanol–water partition coefficient (Wildman–Crippen LogP) is 2.68. The van der Waals surface area contributed by atoms with Gasteiger partial charge in [0.05, 0.1) is 0 Å². The number of amides is 2. The molecule has 1 aromatic heterocycles. The lowest BCUT2D eigenvalue weighted by Gasteiger charge is -2.31. The van der Waals surface area contributed by atoms with Crippen molar-refractivity contribution in [2.45, 2.75) is 39.4 Å². The minimum absolute atomic E-state index is 0.0403. The van der Waals surface area contributed by atoms with E-state index >= 15 is 0 Å². The Morgan fingerprint density at radius 3 is 2.60 bits per heavy atom. The van der Waals surface area contributed by atoms with Crippen LogP contribution in [0.1, 0.15) is 36.2 Å². The standard InChI is InChI=1S/C20H25N3O2/c1-3-15(2)18(19(24)21-10-13-22-11-6-7-12-22)23-14-16-8-4-5-9-17(16)20(23)25/h4-9,11-12,15,18H,3,10,13-14H2,1-2H3,(H,21,24). The maximum atomic E-state index is 12.8. The molecule has 0 bridgehead atoms. The van der Waals surface area contributed by atoms with Crippen LogP contribution in [0.5, 0.6) is 0 Å². The number of carbonyl (C=O) groups excluding carboxylic acids is 2. The molecule has 0 radical (unpaired) electrons. The highest BCUT2D eigenvalue weighted by Gasteiger charge is 2.38. The molecular weight excluding hydrogens is 314 g/mol. The summed E-state index contributed by atoms with van der Waals surface area (Å²) in [4.78, 5) is 27.3. The molecule has 2 aromatic rings. The molecule has 1 aliphatic heterocycles. The van der Waals surface area contributed by atoms with Crippen LogP contribution in [0, 0.1) is 5.92 Å². The van der Waals surface area contributed by atoms with E-state index in [0.717, 1.165) is 24.1 Å². The highest BCUT2D eigenvalue weighted by molar-refractivity contribution is 6.01. The topological polar surface area (TPSA) is 54.3 Å². The van der Waals surface area contributed by atoms with Gasteiger partial charge in [0, 0.05) is 37.6 Å². The van der Waals surface area contributed by atoms with Crippen molar-refractivity contribution >= 4 is 11.8 Å². The van der Waals surface area contributed by atoms with Gasteiger partial charge in [-0.25, -0.2) is 0 Å². The van der Waals surface area contributed by atoms with Crippen LogP contribution < -0.4 is 5.32 Å². The van der Waals surface area contributed by atoms with Crippen LogP contribution in [0.15, 0.2) is 48.8 Å². The predicted molar refractivity (Wildman–Crippen MR) is 97.0 cm³/mol. The molecule has 132 valence electrons. The van der Waals surface area contributed by atoms with E-state index in [1.165, 1.54) is 0 Å². The van der Waals surface area contributed by atoms with Gasteiger partial charge in [-0.05, 0) is 29.7 Å². The second-order valence-corrected chi connectivity index (χ2v) is 6.63. The van der Waals surface area contributed by atoms with E-state index in [4.69, 9.17) is 0 Å². The molecule has 5 heteroatoms. The van der Waals surface area contributed by atoms with E-state index in [9.17, 15) is 9.59 Å². The number of rotatable bonds is 7. The van der Waals surface area contributed by atoms with Crippen molar-refractivity contribution in [2.24, 2.45) is 5.92 Å². The van der Waals surface area contributed by atoms with Crippen LogP contribution in [0.25, 0.3) is 0 Å². The molecule has 1 aliphatic rings. The van der Waals surface area contributed by atoms with Gasteiger partial charge in [0.2, 0.25) is 5.91 Å². The van der Waals surface area contributed by atoms with E-state index in [2.05, 4.69) is 12.2 Å². The summed E-state index contributed by atoms with van der Waals surface area (Å²) in [7, 11) is 0. The van der Waals surface area contributed by atoms with Gasteiger partial charge in [-0.15, -0.1) is 0 Å². The number of hydrogen-bond donors (Lipinski definition) is 1. The van der Waals surface area contributed by atoms with Gasteiger partial charge in [-0.3, -0.25) is 9.59 Å². The summed E-state index contributed by atoms with van der Waals surface area (Å²) in [6.07, 6.45) is 4.79. The van der Waals surface area contributed by atoms with E-state index < -0.39 is 6.04 Å². The second kappa shape index (κ2) is 7.55. The fourth-order valence-electron chi connectivity index (χ4n) is 3.36.